The Morgan fingerprint density at radius 1 is 1.23 bits per heavy atom. The van der Waals surface area contributed by atoms with Crippen LogP contribution in [0.1, 0.15) is 40.6 Å². The second kappa shape index (κ2) is 9.44. The van der Waals surface area contributed by atoms with Crippen LogP contribution >= 0.6 is 11.3 Å². The molecule has 31 heavy (non-hydrogen) atoms. The molecule has 2 aliphatic rings. The summed E-state index contributed by atoms with van der Waals surface area (Å²) < 4.78 is 7.60. The van der Waals surface area contributed by atoms with E-state index in [0.29, 0.717) is 12.2 Å². The van der Waals surface area contributed by atoms with Crippen molar-refractivity contribution in [3.63, 3.8) is 0 Å². The number of pyridine rings is 1. The lowest BCUT2D eigenvalue weighted by Gasteiger charge is -2.34. The van der Waals surface area contributed by atoms with Gasteiger partial charge in [-0.1, -0.05) is 6.07 Å². The topological polar surface area (TPSA) is 75.0 Å². The van der Waals surface area contributed by atoms with E-state index in [1.807, 2.05) is 34.9 Å². The maximum atomic E-state index is 13.1. The van der Waals surface area contributed by atoms with E-state index in [1.54, 1.807) is 11.3 Å². The van der Waals surface area contributed by atoms with Gasteiger partial charge < -0.3 is 15.0 Å². The highest BCUT2D eigenvalue weighted by molar-refractivity contribution is 7.15. The summed E-state index contributed by atoms with van der Waals surface area (Å²) >= 11 is 1.56. The monoisotopic (exact) mass is 440 g/mol. The molecule has 3 aromatic heterocycles. The van der Waals surface area contributed by atoms with Gasteiger partial charge in [0.05, 0.1) is 18.9 Å². The molecule has 0 bridgehead atoms. The molecule has 0 spiro atoms. The van der Waals surface area contributed by atoms with Crippen molar-refractivity contribution < 1.29 is 9.53 Å². The van der Waals surface area contributed by atoms with E-state index in [2.05, 4.69) is 30.7 Å². The quantitative estimate of drug-likeness (QED) is 0.607. The van der Waals surface area contributed by atoms with Crippen LogP contribution in [0.15, 0.2) is 36.1 Å². The number of ether oxygens (including phenoxy) is 1. The van der Waals surface area contributed by atoms with Gasteiger partial charge in [0.25, 0.3) is 5.91 Å². The number of thiazole rings is 1. The van der Waals surface area contributed by atoms with Crippen molar-refractivity contribution >= 4 is 22.2 Å². The van der Waals surface area contributed by atoms with E-state index in [-0.39, 0.29) is 11.9 Å². The number of amides is 1. The summed E-state index contributed by atoms with van der Waals surface area (Å²) in [4.78, 5) is 27.3. The highest BCUT2D eigenvalue weighted by Gasteiger charge is 2.27. The van der Waals surface area contributed by atoms with Gasteiger partial charge in [0, 0.05) is 69.3 Å². The molecule has 0 saturated carbocycles. The number of hydrogen-bond donors (Lipinski definition) is 1. The molecule has 5 rings (SSSR count). The van der Waals surface area contributed by atoms with Crippen molar-refractivity contribution in [1.82, 2.24) is 29.5 Å². The summed E-state index contributed by atoms with van der Waals surface area (Å²) in [6, 6.07) is 4.33. The molecule has 0 radical (unpaired) electrons. The maximum absolute atomic E-state index is 13.1. The van der Waals surface area contributed by atoms with Gasteiger partial charge in [0.1, 0.15) is 0 Å². The third-order valence-corrected chi connectivity index (χ3v) is 6.90. The van der Waals surface area contributed by atoms with Crippen LogP contribution in [0.4, 0.5) is 0 Å². The van der Waals surface area contributed by atoms with Gasteiger partial charge in [0.2, 0.25) is 0 Å². The number of carbonyl (C=O) groups excluding carboxylic acids is 1. The van der Waals surface area contributed by atoms with Crippen LogP contribution in [-0.2, 0) is 11.3 Å². The second-order valence-electron chi connectivity index (χ2n) is 8.04. The lowest BCUT2D eigenvalue weighted by atomic mass is 10.1. The SMILES string of the molecule is O=C(c1nc2sccn2c1CNCC(c1cccnc1)N1CCOCC1)N1CCCC1. The fourth-order valence-electron chi connectivity index (χ4n) is 4.49. The Kier molecular flexibility index (Phi) is 6.26. The summed E-state index contributed by atoms with van der Waals surface area (Å²) in [5.41, 5.74) is 2.73. The van der Waals surface area contributed by atoms with E-state index in [1.165, 1.54) is 5.56 Å². The van der Waals surface area contributed by atoms with Gasteiger partial charge in [0.15, 0.2) is 10.7 Å². The van der Waals surface area contributed by atoms with E-state index in [4.69, 9.17) is 4.74 Å². The Morgan fingerprint density at radius 3 is 2.84 bits per heavy atom. The zero-order valence-corrected chi connectivity index (χ0v) is 18.4. The molecule has 2 saturated heterocycles. The number of hydrogen-bond acceptors (Lipinski definition) is 7. The molecule has 0 aliphatic carbocycles. The van der Waals surface area contributed by atoms with Crippen molar-refractivity contribution in [2.45, 2.75) is 25.4 Å². The summed E-state index contributed by atoms with van der Waals surface area (Å²) in [6.45, 7) is 6.33. The average Bonchev–Trinajstić information content (AvgIpc) is 3.56. The minimum Gasteiger partial charge on any atom is -0.379 e. The lowest BCUT2D eigenvalue weighted by Crippen LogP contribution is -2.43. The van der Waals surface area contributed by atoms with Gasteiger partial charge in [-0.15, -0.1) is 11.3 Å². The minimum absolute atomic E-state index is 0.0576. The first-order valence-corrected chi connectivity index (χ1v) is 11.9. The first kappa shape index (κ1) is 20.6. The van der Waals surface area contributed by atoms with Gasteiger partial charge in [-0.25, -0.2) is 4.98 Å². The number of morpholine rings is 1. The van der Waals surface area contributed by atoms with Crippen LogP contribution < -0.4 is 5.32 Å². The molecular weight excluding hydrogens is 412 g/mol. The average molecular weight is 441 g/mol. The maximum Gasteiger partial charge on any atom is 0.274 e. The molecule has 164 valence electrons. The molecule has 1 amide bonds. The Bertz CT molecular complexity index is 1010. The Balaban J connectivity index is 1.34. The van der Waals surface area contributed by atoms with Gasteiger partial charge in [-0.2, -0.15) is 0 Å². The first-order valence-electron chi connectivity index (χ1n) is 11.0. The van der Waals surface area contributed by atoms with Crippen molar-refractivity contribution in [2.24, 2.45) is 0 Å². The lowest BCUT2D eigenvalue weighted by molar-refractivity contribution is 0.0160. The molecule has 3 aromatic rings. The van der Waals surface area contributed by atoms with Gasteiger partial charge >= 0.3 is 0 Å². The summed E-state index contributed by atoms with van der Waals surface area (Å²) in [5, 5.41) is 5.63. The molecule has 2 aliphatic heterocycles. The number of likely N-dealkylation sites (tertiary alicyclic amines) is 1. The summed E-state index contributed by atoms with van der Waals surface area (Å²) in [6.07, 6.45) is 7.91. The molecule has 0 aromatic carbocycles. The molecule has 5 heterocycles. The highest BCUT2D eigenvalue weighted by atomic mass is 32.1. The van der Waals surface area contributed by atoms with E-state index < -0.39 is 0 Å². The smallest absolute Gasteiger partial charge is 0.274 e. The number of nitrogens with zero attached hydrogens (tertiary/aromatic N) is 5. The van der Waals surface area contributed by atoms with Crippen LogP contribution in [0.25, 0.3) is 4.96 Å². The molecule has 1 unspecified atom stereocenters. The summed E-state index contributed by atoms with van der Waals surface area (Å²) in [7, 11) is 0. The van der Waals surface area contributed by atoms with Crippen LogP contribution in [-0.4, -0.2) is 76.0 Å². The van der Waals surface area contributed by atoms with Crippen molar-refractivity contribution in [3.8, 4) is 0 Å². The molecule has 1 N–H and O–H groups in total. The molecule has 8 nitrogen and oxygen atoms in total. The predicted molar refractivity (Wildman–Crippen MR) is 119 cm³/mol. The number of carbonyl (C=O) groups is 1. The molecule has 2 fully saturated rings. The van der Waals surface area contributed by atoms with Crippen molar-refractivity contribution in [2.75, 3.05) is 45.9 Å². The van der Waals surface area contributed by atoms with Crippen LogP contribution in [0.3, 0.4) is 0 Å². The van der Waals surface area contributed by atoms with Gasteiger partial charge in [-0.3, -0.25) is 19.1 Å². The first-order chi connectivity index (χ1) is 15.3. The minimum atomic E-state index is 0.0576. The van der Waals surface area contributed by atoms with E-state index >= 15 is 0 Å². The normalized spacial score (nSPS) is 18.6. The largest absolute Gasteiger partial charge is 0.379 e. The number of nitrogens with one attached hydrogen (secondary N) is 1. The molecule has 1 atom stereocenters. The third kappa shape index (κ3) is 4.36. The molecule has 9 heteroatoms. The van der Waals surface area contributed by atoms with Crippen molar-refractivity contribution in [3.05, 3.63) is 53.1 Å². The predicted octanol–water partition coefficient (Wildman–Crippen LogP) is 2.19. The number of aromatic nitrogens is 3. The number of imidazole rings is 1. The van der Waals surface area contributed by atoms with Crippen LogP contribution in [0.5, 0.6) is 0 Å². The molecular formula is C22H28N6O2S. The zero-order valence-electron chi connectivity index (χ0n) is 17.6. The van der Waals surface area contributed by atoms with Crippen LogP contribution in [0.2, 0.25) is 0 Å². The van der Waals surface area contributed by atoms with Crippen molar-refractivity contribution in [1.29, 1.82) is 0 Å². The van der Waals surface area contributed by atoms with E-state index in [0.717, 1.165) is 69.4 Å². The van der Waals surface area contributed by atoms with Gasteiger partial charge in [-0.05, 0) is 24.5 Å². The number of rotatable bonds is 7. The Labute approximate surface area is 185 Å². The Morgan fingerprint density at radius 2 is 2.06 bits per heavy atom. The fraction of sp³-hybridized carbons (Fsp3) is 0.500. The Hall–Kier alpha value is -2.33. The summed E-state index contributed by atoms with van der Waals surface area (Å²) in [5.74, 6) is 0.0576. The second-order valence-corrected chi connectivity index (χ2v) is 8.92. The highest BCUT2D eigenvalue weighted by Crippen LogP contribution is 2.23. The third-order valence-electron chi connectivity index (χ3n) is 6.14. The van der Waals surface area contributed by atoms with E-state index in [9.17, 15) is 4.79 Å². The number of fused-ring (bicyclic) bond motifs is 1. The van der Waals surface area contributed by atoms with Crippen LogP contribution in [0, 0.1) is 0 Å². The standard InChI is InChI=1S/C22H28N6O2S/c29-21(27-6-1-2-7-27)20-19(28-10-13-31-22(28)25-20)16-24-15-18(17-4-3-5-23-14-17)26-8-11-30-12-9-26/h3-5,10,13-14,18,24H,1-2,6-9,11-12,15-16H2. The zero-order chi connectivity index (χ0) is 21.0. The fourth-order valence-corrected chi connectivity index (χ4v) is 5.22.